The summed E-state index contributed by atoms with van der Waals surface area (Å²) in [6, 6.07) is 10.9. The molecule has 4 bridgehead atoms. The quantitative estimate of drug-likeness (QED) is 0.703. The van der Waals surface area contributed by atoms with Gasteiger partial charge in [0.1, 0.15) is 17.2 Å². The van der Waals surface area contributed by atoms with Crippen molar-refractivity contribution in [3.8, 4) is 17.2 Å². The van der Waals surface area contributed by atoms with Crippen LogP contribution in [0.15, 0.2) is 36.4 Å². The van der Waals surface area contributed by atoms with E-state index in [4.69, 9.17) is 9.47 Å². The van der Waals surface area contributed by atoms with Crippen LogP contribution in [0, 0.1) is 17.8 Å². The van der Waals surface area contributed by atoms with E-state index in [1.165, 1.54) is 19.3 Å². The summed E-state index contributed by atoms with van der Waals surface area (Å²) in [5.41, 5.74) is 2.49. The molecule has 0 spiro atoms. The molecule has 4 aliphatic rings. The summed E-state index contributed by atoms with van der Waals surface area (Å²) in [7, 11) is 3.23. The Balaban J connectivity index is 1.37. The highest BCUT2D eigenvalue weighted by Crippen LogP contribution is 2.61. The first-order chi connectivity index (χ1) is 15.0. The maximum Gasteiger partial charge on any atom is 0.251 e. The molecular weight excluding hydrogens is 390 g/mol. The van der Waals surface area contributed by atoms with Crippen molar-refractivity contribution in [2.75, 3.05) is 14.2 Å². The Hall–Kier alpha value is -2.69. The van der Waals surface area contributed by atoms with E-state index in [0.29, 0.717) is 23.6 Å². The maximum atomic E-state index is 13.0. The number of benzene rings is 2. The van der Waals surface area contributed by atoms with Crippen LogP contribution >= 0.6 is 0 Å². The van der Waals surface area contributed by atoms with Crippen LogP contribution in [0.3, 0.4) is 0 Å². The van der Waals surface area contributed by atoms with Crippen molar-refractivity contribution in [2.24, 2.45) is 17.8 Å². The summed E-state index contributed by atoms with van der Waals surface area (Å²) < 4.78 is 10.7. The van der Waals surface area contributed by atoms with Crippen LogP contribution in [0.25, 0.3) is 0 Å². The van der Waals surface area contributed by atoms with Crippen LogP contribution in [0.4, 0.5) is 0 Å². The number of nitrogens with one attached hydrogen (secondary N) is 1. The number of aromatic hydroxyl groups is 1. The third kappa shape index (κ3) is 3.64. The number of amides is 1. The summed E-state index contributed by atoms with van der Waals surface area (Å²) in [4.78, 5) is 13.0. The van der Waals surface area contributed by atoms with E-state index in [1.54, 1.807) is 26.4 Å². The van der Waals surface area contributed by atoms with Gasteiger partial charge in [-0.25, -0.2) is 0 Å². The van der Waals surface area contributed by atoms with Crippen molar-refractivity contribution in [3.63, 3.8) is 0 Å². The van der Waals surface area contributed by atoms with Gasteiger partial charge in [0.2, 0.25) is 0 Å². The van der Waals surface area contributed by atoms with Gasteiger partial charge in [0, 0.05) is 23.2 Å². The molecule has 5 nitrogen and oxygen atoms in total. The number of phenolic OH excluding ortho intramolecular Hbond substituents is 1. The van der Waals surface area contributed by atoms with Gasteiger partial charge in [0.25, 0.3) is 5.91 Å². The Labute approximate surface area is 183 Å². The van der Waals surface area contributed by atoms with Gasteiger partial charge in [0.05, 0.1) is 14.2 Å². The number of carbonyl (C=O) groups excluding carboxylic acids is 1. The Morgan fingerprint density at radius 2 is 1.68 bits per heavy atom. The third-order valence-corrected chi connectivity index (χ3v) is 7.80. The fourth-order valence-electron chi connectivity index (χ4n) is 6.84. The molecule has 31 heavy (non-hydrogen) atoms. The fourth-order valence-corrected chi connectivity index (χ4v) is 6.84. The Morgan fingerprint density at radius 3 is 2.29 bits per heavy atom. The topological polar surface area (TPSA) is 67.8 Å². The van der Waals surface area contributed by atoms with Crippen LogP contribution < -0.4 is 14.8 Å². The fraction of sp³-hybridized carbons (Fsp3) is 0.500. The van der Waals surface area contributed by atoms with Gasteiger partial charge >= 0.3 is 0 Å². The van der Waals surface area contributed by atoms with E-state index in [1.807, 2.05) is 24.3 Å². The minimum atomic E-state index is -0.143. The molecule has 0 unspecified atom stereocenters. The second kappa shape index (κ2) is 7.77. The molecule has 6 rings (SSSR count). The van der Waals surface area contributed by atoms with E-state index >= 15 is 0 Å². The third-order valence-electron chi connectivity index (χ3n) is 7.80. The molecule has 0 aromatic heterocycles. The highest BCUT2D eigenvalue weighted by molar-refractivity contribution is 5.94. The zero-order valence-corrected chi connectivity index (χ0v) is 18.3. The lowest BCUT2D eigenvalue weighted by molar-refractivity contribution is -0.00615. The second-order valence-corrected chi connectivity index (χ2v) is 9.79. The number of methoxy groups -OCH3 is 2. The Bertz CT molecular complexity index is 964. The van der Waals surface area contributed by atoms with E-state index in [-0.39, 0.29) is 11.3 Å². The molecule has 0 aliphatic heterocycles. The smallest absolute Gasteiger partial charge is 0.251 e. The van der Waals surface area contributed by atoms with Gasteiger partial charge in [-0.15, -0.1) is 0 Å². The molecule has 2 N–H and O–H groups in total. The summed E-state index contributed by atoms with van der Waals surface area (Å²) in [6.07, 6.45) is 7.50. The van der Waals surface area contributed by atoms with Crippen molar-refractivity contribution in [1.29, 1.82) is 0 Å². The zero-order valence-electron chi connectivity index (χ0n) is 18.3. The van der Waals surface area contributed by atoms with Crippen molar-refractivity contribution >= 4 is 5.91 Å². The summed E-state index contributed by atoms with van der Waals surface area (Å²) in [5, 5.41) is 13.8. The van der Waals surface area contributed by atoms with Gasteiger partial charge in [-0.3, -0.25) is 4.79 Å². The Morgan fingerprint density at radius 1 is 1.00 bits per heavy atom. The van der Waals surface area contributed by atoms with Crippen molar-refractivity contribution in [1.82, 2.24) is 5.32 Å². The molecule has 0 heterocycles. The van der Waals surface area contributed by atoms with Gasteiger partial charge < -0.3 is 19.9 Å². The van der Waals surface area contributed by atoms with Crippen LogP contribution in [-0.2, 0) is 12.0 Å². The molecule has 2 aromatic rings. The lowest BCUT2D eigenvalue weighted by Crippen LogP contribution is -2.48. The minimum absolute atomic E-state index is 0.0468. The first-order valence-electron chi connectivity index (χ1n) is 11.3. The van der Waals surface area contributed by atoms with E-state index in [2.05, 4.69) is 5.32 Å². The maximum absolute atomic E-state index is 13.0. The normalized spacial score (nSPS) is 28.4. The molecule has 0 saturated heterocycles. The van der Waals surface area contributed by atoms with E-state index in [9.17, 15) is 9.90 Å². The minimum Gasteiger partial charge on any atom is -0.508 e. The molecule has 4 fully saturated rings. The average Bonchev–Trinajstić information content (AvgIpc) is 2.76. The molecule has 4 saturated carbocycles. The molecule has 2 aromatic carbocycles. The summed E-state index contributed by atoms with van der Waals surface area (Å²) in [6.45, 7) is 0.340. The molecular formula is C26H31NO4. The van der Waals surface area contributed by atoms with Crippen LogP contribution in [0.5, 0.6) is 17.2 Å². The average molecular weight is 422 g/mol. The van der Waals surface area contributed by atoms with Crippen LogP contribution in [0.2, 0.25) is 0 Å². The SMILES string of the molecule is COc1ccc(OC)c(CNC(=O)c2ccc(O)c(C34CC5CC(CC(C5)C3)C4)c2)c1. The van der Waals surface area contributed by atoms with Gasteiger partial charge in [0.15, 0.2) is 0 Å². The second-order valence-electron chi connectivity index (χ2n) is 9.79. The monoisotopic (exact) mass is 421 g/mol. The molecule has 1 amide bonds. The van der Waals surface area contributed by atoms with Crippen LogP contribution in [-0.4, -0.2) is 25.2 Å². The zero-order chi connectivity index (χ0) is 21.6. The number of phenols is 1. The molecule has 5 heteroatoms. The highest BCUT2D eigenvalue weighted by atomic mass is 16.5. The number of rotatable bonds is 6. The number of hydrogen-bond donors (Lipinski definition) is 2. The number of hydrogen-bond acceptors (Lipinski definition) is 4. The van der Waals surface area contributed by atoms with Crippen LogP contribution in [0.1, 0.15) is 60.0 Å². The largest absolute Gasteiger partial charge is 0.508 e. The van der Waals surface area contributed by atoms with Crippen molar-refractivity contribution in [2.45, 2.75) is 50.5 Å². The van der Waals surface area contributed by atoms with Gasteiger partial charge in [-0.2, -0.15) is 0 Å². The number of ether oxygens (including phenoxy) is 2. The van der Waals surface area contributed by atoms with Crippen molar-refractivity contribution in [3.05, 3.63) is 53.1 Å². The standard InChI is InChI=1S/C26H31NO4/c1-30-21-4-6-24(31-2)20(10-21)15-27-25(29)19-3-5-23(28)22(11-19)26-12-16-7-17(13-26)9-18(8-16)14-26/h3-6,10-11,16-18,28H,7-9,12-15H2,1-2H3,(H,27,29). The van der Waals surface area contributed by atoms with Crippen molar-refractivity contribution < 1.29 is 19.4 Å². The summed E-state index contributed by atoms with van der Waals surface area (Å²) >= 11 is 0. The molecule has 0 atom stereocenters. The van der Waals surface area contributed by atoms with E-state index in [0.717, 1.165) is 53.9 Å². The highest BCUT2D eigenvalue weighted by Gasteiger charge is 2.52. The Kier molecular flexibility index (Phi) is 5.07. The lowest BCUT2D eigenvalue weighted by atomic mass is 9.48. The predicted molar refractivity (Wildman–Crippen MR) is 119 cm³/mol. The molecule has 4 aliphatic carbocycles. The van der Waals surface area contributed by atoms with Gasteiger partial charge in [-0.05, 0) is 98.1 Å². The van der Waals surface area contributed by atoms with E-state index < -0.39 is 0 Å². The first kappa shape index (κ1) is 20.2. The first-order valence-corrected chi connectivity index (χ1v) is 11.3. The van der Waals surface area contributed by atoms with Gasteiger partial charge in [-0.1, -0.05) is 0 Å². The molecule has 0 radical (unpaired) electrons. The number of carbonyl (C=O) groups is 1. The predicted octanol–water partition coefficient (Wildman–Crippen LogP) is 4.81. The summed E-state index contributed by atoms with van der Waals surface area (Å²) in [5.74, 6) is 3.97. The lowest BCUT2D eigenvalue weighted by Gasteiger charge is -2.57. The molecule has 164 valence electrons.